The number of hydrogen-bond acceptors (Lipinski definition) is 3. The maximum Gasteiger partial charge on any atom is 0.410 e. The van der Waals surface area contributed by atoms with Crippen LogP contribution in [0.15, 0.2) is 18.2 Å². The largest absolute Gasteiger partial charge is 0.447 e. The van der Waals surface area contributed by atoms with E-state index in [0.29, 0.717) is 37.3 Å². The lowest BCUT2D eigenvalue weighted by Gasteiger charge is -2.35. The highest BCUT2D eigenvalue weighted by atomic mass is 19.1. The van der Waals surface area contributed by atoms with Crippen LogP contribution in [0.3, 0.4) is 0 Å². The summed E-state index contributed by atoms with van der Waals surface area (Å²) < 4.78 is 18.4. The van der Waals surface area contributed by atoms with Gasteiger partial charge in [0.25, 0.3) is 5.91 Å². The number of fused-ring (bicyclic) bond motifs is 2. The summed E-state index contributed by atoms with van der Waals surface area (Å²) in [5.41, 5.74) is 1.96. The van der Waals surface area contributed by atoms with Crippen LogP contribution < -0.4 is 0 Å². The van der Waals surface area contributed by atoms with Crippen molar-refractivity contribution >= 4 is 22.9 Å². The zero-order valence-electron chi connectivity index (χ0n) is 12.6. The van der Waals surface area contributed by atoms with Gasteiger partial charge in [-0.25, -0.2) is 9.18 Å². The average Bonchev–Trinajstić information content (AvgIpc) is 3.08. The normalized spacial score (nSPS) is 20.8. The van der Waals surface area contributed by atoms with E-state index in [9.17, 15) is 14.0 Å². The Kier molecular flexibility index (Phi) is 3.04. The highest BCUT2D eigenvalue weighted by molar-refractivity contribution is 6.01. The number of carbonyl (C=O) groups is 2. The molecule has 1 aromatic carbocycles. The fourth-order valence-corrected chi connectivity index (χ4v) is 3.34. The Bertz CT molecular complexity index is 816. The molecule has 0 bridgehead atoms. The van der Waals surface area contributed by atoms with Gasteiger partial charge in [-0.1, -0.05) is 0 Å². The molecule has 0 radical (unpaired) electrons. The zero-order chi connectivity index (χ0) is 16.1. The fraction of sp³-hybridized carbons (Fsp3) is 0.375. The number of amides is 2. The first-order valence-electron chi connectivity index (χ1n) is 7.55. The number of aromatic amines is 1. The molecule has 2 aliphatic rings. The first-order valence-corrected chi connectivity index (χ1v) is 7.55. The zero-order valence-corrected chi connectivity index (χ0v) is 12.6. The van der Waals surface area contributed by atoms with Crippen LogP contribution in [0.5, 0.6) is 0 Å². The molecule has 3 heterocycles. The molecule has 2 aromatic rings. The van der Waals surface area contributed by atoms with Gasteiger partial charge in [-0.3, -0.25) is 9.69 Å². The molecule has 6 nitrogen and oxygen atoms in total. The molecule has 1 unspecified atom stereocenters. The predicted molar refractivity (Wildman–Crippen MR) is 80.7 cm³/mol. The first kappa shape index (κ1) is 14.0. The molecule has 0 aliphatic carbocycles. The van der Waals surface area contributed by atoms with Crippen molar-refractivity contribution in [1.82, 2.24) is 14.8 Å². The Morgan fingerprint density at radius 2 is 2.22 bits per heavy atom. The maximum absolute atomic E-state index is 13.4. The summed E-state index contributed by atoms with van der Waals surface area (Å²) in [5, 5.41) is 0.714. The number of cyclic esters (lactones) is 1. The van der Waals surface area contributed by atoms with Crippen LogP contribution in [0.2, 0.25) is 0 Å². The van der Waals surface area contributed by atoms with E-state index in [-0.39, 0.29) is 23.9 Å². The topological polar surface area (TPSA) is 65.6 Å². The van der Waals surface area contributed by atoms with Gasteiger partial charge in [-0.15, -0.1) is 0 Å². The second-order valence-electron chi connectivity index (χ2n) is 5.99. The van der Waals surface area contributed by atoms with Crippen molar-refractivity contribution in [2.75, 3.05) is 26.2 Å². The molecule has 2 saturated heterocycles. The van der Waals surface area contributed by atoms with Crippen LogP contribution >= 0.6 is 0 Å². The number of aromatic nitrogens is 1. The molecule has 2 fully saturated rings. The molecule has 2 aliphatic heterocycles. The number of piperazine rings is 1. The minimum absolute atomic E-state index is 0.0812. The summed E-state index contributed by atoms with van der Waals surface area (Å²) in [6.07, 6.45) is -0.306. The Morgan fingerprint density at radius 1 is 1.39 bits per heavy atom. The molecule has 0 saturated carbocycles. The third kappa shape index (κ3) is 2.15. The number of ether oxygens (including phenoxy) is 1. The second-order valence-corrected chi connectivity index (χ2v) is 5.99. The van der Waals surface area contributed by atoms with Crippen molar-refractivity contribution < 1.29 is 18.7 Å². The molecular formula is C16H16FN3O3. The number of H-pyrrole nitrogens is 1. The monoisotopic (exact) mass is 317 g/mol. The van der Waals surface area contributed by atoms with Gasteiger partial charge in [0, 0.05) is 30.5 Å². The van der Waals surface area contributed by atoms with E-state index in [4.69, 9.17) is 4.74 Å². The maximum atomic E-state index is 13.4. The van der Waals surface area contributed by atoms with E-state index < -0.39 is 0 Å². The van der Waals surface area contributed by atoms with Gasteiger partial charge >= 0.3 is 6.09 Å². The van der Waals surface area contributed by atoms with Gasteiger partial charge in [-0.2, -0.15) is 0 Å². The quantitative estimate of drug-likeness (QED) is 0.873. The number of rotatable bonds is 1. The van der Waals surface area contributed by atoms with Crippen LogP contribution in [0, 0.1) is 12.7 Å². The molecule has 23 heavy (non-hydrogen) atoms. The van der Waals surface area contributed by atoms with Crippen molar-refractivity contribution in [2.24, 2.45) is 0 Å². The van der Waals surface area contributed by atoms with Crippen LogP contribution in [-0.4, -0.2) is 59.1 Å². The standard InChI is InChI=1S/C16H16FN3O3/c1-9-12-6-10(17)2-3-13(12)18-14(9)15(21)19-4-5-20-11(7-19)8-23-16(20)22/h2-3,6,11,18H,4-5,7-8H2,1H3. The van der Waals surface area contributed by atoms with Crippen molar-refractivity contribution in [1.29, 1.82) is 0 Å². The Balaban J connectivity index is 1.62. The molecule has 120 valence electrons. The minimum Gasteiger partial charge on any atom is -0.447 e. The van der Waals surface area contributed by atoms with Crippen molar-refractivity contribution in [2.45, 2.75) is 13.0 Å². The lowest BCUT2D eigenvalue weighted by Crippen LogP contribution is -2.53. The third-order valence-electron chi connectivity index (χ3n) is 4.64. The Morgan fingerprint density at radius 3 is 3.04 bits per heavy atom. The molecule has 4 rings (SSSR count). The molecule has 2 amide bonds. The van der Waals surface area contributed by atoms with Crippen LogP contribution in [0.4, 0.5) is 9.18 Å². The molecule has 0 spiro atoms. The van der Waals surface area contributed by atoms with Gasteiger partial charge in [0.05, 0.1) is 6.04 Å². The lowest BCUT2D eigenvalue weighted by atomic mass is 10.1. The number of nitrogens with one attached hydrogen (secondary N) is 1. The molecular weight excluding hydrogens is 301 g/mol. The number of aryl methyl sites for hydroxylation is 1. The van der Waals surface area contributed by atoms with E-state index in [1.807, 2.05) is 6.92 Å². The summed E-state index contributed by atoms with van der Waals surface area (Å²) in [6, 6.07) is 4.35. The van der Waals surface area contributed by atoms with Gasteiger partial charge in [0.2, 0.25) is 0 Å². The van der Waals surface area contributed by atoms with Gasteiger partial charge in [0.1, 0.15) is 18.1 Å². The molecule has 1 atom stereocenters. The van der Waals surface area contributed by atoms with Crippen molar-refractivity contribution in [3.63, 3.8) is 0 Å². The predicted octanol–water partition coefficient (Wildman–Crippen LogP) is 1.89. The van der Waals surface area contributed by atoms with Crippen LogP contribution in [0.1, 0.15) is 16.1 Å². The van der Waals surface area contributed by atoms with E-state index in [1.165, 1.54) is 12.1 Å². The van der Waals surface area contributed by atoms with Gasteiger partial charge in [-0.05, 0) is 30.7 Å². The van der Waals surface area contributed by atoms with E-state index in [2.05, 4.69) is 4.98 Å². The average molecular weight is 317 g/mol. The number of benzene rings is 1. The van der Waals surface area contributed by atoms with E-state index in [0.717, 1.165) is 11.1 Å². The lowest BCUT2D eigenvalue weighted by molar-refractivity contribution is 0.0611. The smallest absolute Gasteiger partial charge is 0.410 e. The Labute approximate surface area is 131 Å². The highest BCUT2D eigenvalue weighted by Crippen LogP contribution is 2.25. The van der Waals surface area contributed by atoms with Crippen molar-refractivity contribution in [3.8, 4) is 0 Å². The Hall–Kier alpha value is -2.57. The third-order valence-corrected chi connectivity index (χ3v) is 4.64. The molecule has 1 aromatic heterocycles. The number of hydrogen-bond donors (Lipinski definition) is 1. The molecule has 1 N–H and O–H groups in total. The number of halogens is 1. The van der Waals surface area contributed by atoms with Crippen molar-refractivity contribution in [3.05, 3.63) is 35.3 Å². The summed E-state index contributed by atoms with van der Waals surface area (Å²) in [4.78, 5) is 30.8. The number of nitrogens with zero attached hydrogens (tertiary/aromatic N) is 2. The summed E-state index contributed by atoms with van der Waals surface area (Å²) in [5.74, 6) is -0.452. The van der Waals surface area contributed by atoms with Gasteiger partial charge in [0.15, 0.2) is 0 Å². The summed E-state index contributed by atoms with van der Waals surface area (Å²) in [7, 11) is 0. The number of carbonyl (C=O) groups excluding carboxylic acids is 2. The van der Waals surface area contributed by atoms with E-state index in [1.54, 1.807) is 15.9 Å². The first-order chi connectivity index (χ1) is 11.0. The van der Waals surface area contributed by atoms with Crippen LogP contribution in [-0.2, 0) is 4.74 Å². The molecule has 7 heteroatoms. The van der Waals surface area contributed by atoms with Gasteiger partial charge < -0.3 is 14.6 Å². The summed E-state index contributed by atoms with van der Waals surface area (Å²) in [6.45, 7) is 3.52. The SMILES string of the molecule is Cc1c(C(=O)N2CCN3C(=O)OCC3C2)[nH]c2ccc(F)cc12. The minimum atomic E-state index is -0.325. The second kappa shape index (κ2) is 4.97. The van der Waals surface area contributed by atoms with E-state index >= 15 is 0 Å². The van der Waals surface area contributed by atoms with Crippen LogP contribution in [0.25, 0.3) is 10.9 Å². The highest BCUT2D eigenvalue weighted by Gasteiger charge is 2.39. The summed E-state index contributed by atoms with van der Waals surface area (Å²) >= 11 is 0. The fourth-order valence-electron chi connectivity index (χ4n) is 3.34.